The zero-order chi connectivity index (χ0) is 13.2. The molecule has 0 heterocycles. The topological polar surface area (TPSA) is 38.0 Å². The van der Waals surface area contributed by atoms with E-state index in [0.29, 0.717) is 12.0 Å². The van der Waals surface area contributed by atoms with E-state index in [1.165, 1.54) is 44.1 Å². The number of benzene rings is 1. The van der Waals surface area contributed by atoms with Crippen molar-refractivity contribution >= 4 is 0 Å². The standard InChI is InChI=1S/C17H26N2/c1-12-6-8-14(9-7-12)17(19-18)16-11-10-13-4-2-3-5-15(13)16/h2-5,12,14,16-17,19H,6-11,18H2,1H3. The summed E-state index contributed by atoms with van der Waals surface area (Å²) in [6.07, 6.45) is 7.92. The third kappa shape index (κ3) is 2.56. The van der Waals surface area contributed by atoms with Crippen molar-refractivity contribution in [3.63, 3.8) is 0 Å². The van der Waals surface area contributed by atoms with Crippen molar-refractivity contribution in [1.29, 1.82) is 0 Å². The average molecular weight is 258 g/mol. The molecule has 2 nitrogen and oxygen atoms in total. The van der Waals surface area contributed by atoms with Gasteiger partial charge >= 0.3 is 0 Å². The first-order valence-electron chi connectivity index (χ1n) is 7.83. The molecule has 1 fully saturated rings. The molecule has 2 unspecified atom stereocenters. The van der Waals surface area contributed by atoms with E-state index in [9.17, 15) is 0 Å². The van der Waals surface area contributed by atoms with Gasteiger partial charge in [0, 0.05) is 12.0 Å². The quantitative estimate of drug-likeness (QED) is 0.644. The molecule has 0 saturated heterocycles. The van der Waals surface area contributed by atoms with E-state index in [1.54, 1.807) is 5.56 Å². The van der Waals surface area contributed by atoms with Gasteiger partial charge in [-0.15, -0.1) is 0 Å². The summed E-state index contributed by atoms with van der Waals surface area (Å²) in [7, 11) is 0. The van der Waals surface area contributed by atoms with Crippen LogP contribution in [-0.2, 0) is 6.42 Å². The highest BCUT2D eigenvalue weighted by Gasteiger charge is 2.35. The van der Waals surface area contributed by atoms with Crippen molar-refractivity contribution in [3.05, 3.63) is 35.4 Å². The minimum Gasteiger partial charge on any atom is -0.271 e. The third-order valence-electron chi connectivity index (χ3n) is 5.37. The Morgan fingerprint density at radius 2 is 1.84 bits per heavy atom. The average Bonchev–Trinajstić information content (AvgIpc) is 2.86. The summed E-state index contributed by atoms with van der Waals surface area (Å²) in [4.78, 5) is 0. The van der Waals surface area contributed by atoms with E-state index in [4.69, 9.17) is 5.84 Å². The van der Waals surface area contributed by atoms with E-state index >= 15 is 0 Å². The smallest absolute Gasteiger partial charge is 0.0307 e. The summed E-state index contributed by atoms with van der Waals surface area (Å²) >= 11 is 0. The number of fused-ring (bicyclic) bond motifs is 1. The lowest BCUT2D eigenvalue weighted by molar-refractivity contribution is 0.209. The zero-order valence-electron chi connectivity index (χ0n) is 11.9. The molecule has 0 spiro atoms. The van der Waals surface area contributed by atoms with Gasteiger partial charge in [-0.05, 0) is 48.6 Å². The number of hydrogen-bond acceptors (Lipinski definition) is 2. The van der Waals surface area contributed by atoms with Gasteiger partial charge in [0.2, 0.25) is 0 Å². The molecule has 0 bridgehead atoms. The Balaban J connectivity index is 1.76. The fourth-order valence-electron chi connectivity index (χ4n) is 4.19. The Hall–Kier alpha value is -0.860. The fraction of sp³-hybridized carbons (Fsp3) is 0.647. The lowest BCUT2D eigenvalue weighted by Crippen LogP contribution is -2.45. The monoisotopic (exact) mass is 258 g/mol. The molecule has 104 valence electrons. The minimum absolute atomic E-state index is 0.469. The highest BCUT2D eigenvalue weighted by atomic mass is 15.2. The van der Waals surface area contributed by atoms with Gasteiger partial charge in [0.05, 0.1) is 0 Å². The normalized spacial score (nSPS) is 32.0. The van der Waals surface area contributed by atoms with Crippen LogP contribution in [0.3, 0.4) is 0 Å². The summed E-state index contributed by atoms with van der Waals surface area (Å²) < 4.78 is 0. The molecule has 0 amide bonds. The van der Waals surface area contributed by atoms with Gasteiger partial charge in [0.1, 0.15) is 0 Å². The Bertz CT molecular complexity index is 421. The molecule has 2 aliphatic carbocycles. The number of hydrazine groups is 1. The molecule has 2 aliphatic rings. The molecular weight excluding hydrogens is 232 g/mol. The SMILES string of the molecule is CC1CCC(C(NN)C2CCc3ccccc32)CC1. The van der Waals surface area contributed by atoms with Gasteiger partial charge in [0.25, 0.3) is 0 Å². The Morgan fingerprint density at radius 3 is 2.58 bits per heavy atom. The molecule has 1 aromatic carbocycles. The molecule has 0 radical (unpaired) electrons. The predicted octanol–water partition coefficient (Wildman–Crippen LogP) is 3.37. The van der Waals surface area contributed by atoms with E-state index in [0.717, 1.165) is 11.8 Å². The zero-order valence-corrected chi connectivity index (χ0v) is 11.9. The summed E-state index contributed by atoms with van der Waals surface area (Å²) in [6.45, 7) is 2.38. The van der Waals surface area contributed by atoms with Crippen molar-refractivity contribution in [2.75, 3.05) is 0 Å². The van der Waals surface area contributed by atoms with Gasteiger partial charge in [-0.3, -0.25) is 11.3 Å². The number of nitrogens with two attached hydrogens (primary N) is 1. The van der Waals surface area contributed by atoms with Crippen LogP contribution in [0, 0.1) is 11.8 Å². The highest BCUT2D eigenvalue weighted by molar-refractivity contribution is 5.36. The highest BCUT2D eigenvalue weighted by Crippen LogP contribution is 2.41. The largest absolute Gasteiger partial charge is 0.271 e. The van der Waals surface area contributed by atoms with E-state index in [1.807, 2.05) is 0 Å². The molecule has 2 heteroatoms. The Morgan fingerprint density at radius 1 is 1.11 bits per heavy atom. The summed E-state index contributed by atoms with van der Waals surface area (Å²) in [5, 5.41) is 0. The molecule has 3 N–H and O–H groups in total. The third-order valence-corrected chi connectivity index (χ3v) is 5.37. The molecular formula is C17H26N2. The lowest BCUT2D eigenvalue weighted by atomic mass is 9.74. The van der Waals surface area contributed by atoms with Crippen LogP contribution in [0.15, 0.2) is 24.3 Å². The van der Waals surface area contributed by atoms with Crippen LogP contribution in [0.2, 0.25) is 0 Å². The van der Waals surface area contributed by atoms with Crippen LogP contribution in [0.5, 0.6) is 0 Å². The Labute approximate surface area is 116 Å². The van der Waals surface area contributed by atoms with Crippen molar-refractivity contribution in [3.8, 4) is 0 Å². The maximum Gasteiger partial charge on any atom is 0.0307 e. The summed E-state index contributed by atoms with van der Waals surface area (Å²) in [5.41, 5.74) is 6.25. The summed E-state index contributed by atoms with van der Waals surface area (Å²) in [6, 6.07) is 9.40. The second kappa shape index (κ2) is 5.64. The molecule has 1 aromatic rings. The fourth-order valence-corrected chi connectivity index (χ4v) is 4.19. The van der Waals surface area contributed by atoms with Crippen LogP contribution in [0.25, 0.3) is 0 Å². The van der Waals surface area contributed by atoms with Crippen LogP contribution < -0.4 is 11.3 Å². The van der Waals surface area contributed by atoms with Crippen molar-refractivity contribution in [2.45, 2.75) is 57.4 Å². The number of nitrogens with one attached hydrogen (secondary N) is 1. The number of aryl methyl sites for hydroxylation is 1. The predicted molar refractivity (Wildman–Crippen MR) is 79.7 cm³/mol. The lowest BCUT2D eigenvalue weighted by Gasteiger charge is -2.36. The second-order valence-electron chi connectivity index (χ2n) is 6.56. The van der Waals surface area contributed by atoms with Crippen molar-refractivity contribution in [1.82, 2.24) is 5.43 Å². The van der Waals surface area contributed by atoms with Crippen molar-refractivity contribution in [2.24, 2.45) is 17.7 Å². The van der Waals surface area contributed by atoms with Crippen LogP contribution >= 0.6 is 0 Å². The van der Waals surface area contributed by atoms with E-state index < -0.39 is 0 Å². The van der Waals surface area contributed by atoms with Crippen LogP contribution in [0.1, 0.15) is 56.1 Å². The number of rotatable bonds is 3. The van der Waals surface area contributed by atoms with Crippen LogP contribution in [0.4, 0.5) is 0 Å². The van der Waals surface area contributed by atoms with Gasteiger partial charge in [0.15, 0.2) is 0 Å². The number of hydrogen-bond donors (Lipinski definition) is 2. The van der Waals surface area contributed by atoms with Gasteiger partial charge in [-0.2, -0.15) is 0 Å². The van der Waals surface area contributed by atoms with Gasteiger partial charge in [-0.25, -0.2) is 0 Å². The molecule has 3 rings (SSSR count). The van der Waals surface area contributed by atoms with E-state index in [2.05, 4.69) is 36.6 Å². The molecule has 0 aliphatic heterocycles. The molecule has 0 aromatic heterocycles. The van der Waals surface area contributed by atoms with Crippen molar-refractivity contribution < 1.29 is 0 Å². The first-order chi connectivity index (χ1) is 9.29. The van der Waals surface area contributed by atoms with Crippen LogP contribution in [-0.4, -0.2) is 6.04 Å². The molecule has 19 heavy (non-hydrogen) atoms. The second-order valence-corrected chi connectivity index (χ2v) is 6.56. The molecule has 1 saturated carbocycles. The maximum absolute atomic E-state index is 5.93. The maximum atomic E-state index is 5.93. The molecule has 2 atom stereocenters. The first kappa shape index (κ1) is 13.1. The minimum atomic E-state index is 0.469. The summed E-state index contributed by atoms with van der Waals surface area (Å²) in [5.74, 6) is 8.22. The Kier molecular flexibility index (Phi) is 3.90. The first-order valence-corrected chi connectivity index (χ1v) is 7.83. The van der Waals surface area contributed by atoms with E-state index in [-0.39, 0.29) is 0 Å². The van der Waals surface area contributed by atoms with Gasteiger partial charge < -0.3 is 0 Å². The van der Waals surface area contributed by atoms with Gasteiger partial charge in [-0.1, -0.05) is 44.0 Å².